The zero-order valence-corrected chi connectivity index (χ0v) is 17.9. The number of para-hydroxylation sites is 1. The van der Waals surface area contributed by atoms with Crippen molar-refractivity contribution >= 4 is 15.9 Å². The predicted molar refractivity (Wildman–Crippen MR) is 114 cm³/mol. The lowest BCUT2D eigenvalue weighted by Crippen LogP contribution is -2.47. The monoisotopic (exact) mass is 445 g/mol. The van der Waals surface area contributed by atoms with Crippen LogP contribution in [0.25, 0.3) is 11.5 Å². The molecule has 0 unspecified atom stereocenters. The Bertz CT molecular complexity index is 1170. The first-order valence-electron chi connectivity index (χ1n) is 10.2. The van der Waals surface area contributed by atoms with Crippen LogP contribution in [0.15, 0.2) is 55.0 Å². The van der Waals surface area contributed by atoms with Crippen molar-refractivity contribution in [3.63, 3.8) is 0 Å². The van der Waals surface area contributed by atoms with Gasteiger partial charge in [0.05, 0.1) is 11.9 Å². The van der Waals surface area contributed by atoms with E-state index in [4.69, 9.17) is 0 Å². The van der Waals surface area contributed by atoms with E-state index in [1.165, 1.54) is 21.3 Å². The van der Waals surface area contributed by atoms with Crippen molar-refractivity contribution in [1.82, 2.24) is 24.0 Å². The van der Waals surface area contributed by atoms with Crippen molar-refractivity contribution in [1.29, 1.82) is 0 Å². The molecule has 0 aliphatic carbocycles. The average molecular weight is 446 g/mol. The molecule has 3 heterocycles. The molecule has 1 aromatic carbocycles. The largest absolute Gasteiger partial charge is 0.349 e. The van der Waals surface area contributed by atoms with Crippen molar-refractivity contribution in [3.8, 4) is 11.5 Å². The number of piperidine rings is 1. The van der Waals surface area contributed by atoms with E-state index in [9.17, 15) is 17.6 Å². The van der Waals surface area contributed by atoms with Crippen LogP contribution in [-0.2, 0) is 10.0 Å². The summed E-state index contributed by atoms with van der Waals surface area (Å²) in [6.07, 6.45) is 6.02. The number of halogens is 1. The number of sulfonamides is 1. The summed E-state index contributed by atoms with van der Waals surface area (Å²) >= 11 is 0. The van der Waals surface area contributed by atoms with E-state index in [0.29, 0.717) is 37.3 Å². The second-order valence-electron chi connectivity index (χ2n) is 7.38. The van der Waals surface area contributed by atoms with Crippen molar-refractivity contribution in [2.75, 3.05) is 18.8 Å². The zero-order valence-electron chi connectivity index (χ0n) is 17.1. The number of amides is 1. The van der Waals surface area contributed by atoms with Gasteiger partial charge in [-0.05, 0) is 44.0 Å². The Morgan fingerprint density at radius 3 is 2.48 bits per heavy atom. The number of hydrogen-bond acceptors (Lipinski definition) is 4. The van der Waals surface area contributed by atoms with Gasteiger partial charge in [0.1, 0.15) is 17.1 Å². The molecule has 164 valence electrons. The highest BCUT2D eigenvalue weighted by Gasteiger charge is 2.29. The average Bonchev–Trinajstić information content (AvgIpc) is 3.44. The van der Waals surface area contributed by atoms with Gasteiger partial charge < -0.3 is 9.88 Å². The number of carbonyl (C=O) groups excluding carboxylic acids is 1. The van der Waals surface area contributed by atoms with Gasteiger partial charge in [-0.3, -0.25) is 4.79 Å². The van der Waals surface area contributed by atoms with E-state index in [1.807, 2.05) is 12.1 Å². The van der Waals surface area contributed by atoms with Gasteiger partial charge in [-0.15, -0.1) is 0 Å². The summed E-state index contributed by atoms with van der Waals surface area (Å²) in [6.45, 7) is 2.37. The number of nitrogens with one attached hydrogen (secondary N) is 1. The Morgan fingerprint density at radius 2 is 1.84 bits per heavy atom. The second kappa shape index (κ2) is 8.64. The van der Waals surface area contributed by atoms with E-state index >= 15 is 0 Å². The highest BCUT2D eigenvalue weighted by Crippen LogP contribution is 2.22. The number of benzene rings is 1. The van der Waals surface area contributed by atoms with Crippen LogP contribution >= 0.6 is 0 Å². The van der Waals surface area contributed by atoms with Crippen LogP contribution in [0.2, 0.25) is 0 Å². The molecule has 0 atom stereocenters. The van der Waals surface area contributed by atoms with Crippen molar-refractivity contribution in [3.05, 3.63) is 66.4 Å². The fourth-order valence-corrected chi connectivity index (χ4v) is 4.88. The fraction of sp³-hybridized carbons (Fsp3) is 0.333. The number of nitrogens with zero attached hydrogens (tertiary/aromatic N) is 4. The first-order chi connectivity index (χ1) is 14.9. The van der Waals surface area contributed by atoms with Gasteiger partial charge in [0.25, 0.3) is 5.91 Å². The molecule has 1 fully saturated rings. The summed E-state index contributed by atoms with van der Waals surface area (Å²) in [5, 5.41) is 7.27. The number of aromatic nitrogens is 3. The zero-order chi connectivity index (χ0) is 22.0. The van der Waals surface area contributed by atoms with Crippen LogP contribution < -0.4 is 5.32 Å². The van der Waals surface area contributed by atoms with Crippen molar-refractivity contribution in [2.45, 2.75) is 25.8 Å². The topological polar surface area (TPSA) is 89.2 Å². The van der Waals surface area contributed by atoms with Crippen LogP contribution in [0.3, 0.4) is 0 Å². The minimum Gasteiger partial charge on any atom is -0.349 e. The molecule has 31 heavy (non-hydrogen) atoms. The molecule has 0 radical (unpaired) electrons. The van der Waals surface area contributed by atoms with Gasteiger partial charge in [-0.25, -0.2) is 21.8 Å². The smallest absolute Gasteiger partial charge is 0.256 e. The third-order valence-electron chi connectivity index (χ3n) is 5.47. The summed E-state index contributed by atoms with van der Waals surface area (Å²) in [5.41, 5.74) is 0.548. The molecule has 3 aromatic rings. The minimum atomic E-state index is -3.22. The lowest BCUT2D eigenvalue weighted by Gasteiger charge is -2.31. The highest BCUT2D eigenvalue weighted by molar-refractivity contribution is 7.89. The van der Waals surface area contributed by atoms with Crippen LogP contribution in [-0.4, -0.2) is 57.9 Å². The Kier molecular flexibility index (Phi) is 5.92. The third kappa shape index (κ3) is 4.26. The van der Waals surface area contributed by atoms with Crippen LogP contribution in [0.4, 0.5) is 4.39 Å². The molecular weight excluding hydrogens is 421 g/mol. The van der Waals surface area contributed by atoms with Gasteiger partial charge in [0, 0.05) is 31.5 Å². The maximum atomic E-state index is 14.4. The van der Waals surface area contributed by atoms with E-state index in [-0.39, 0.29) is 23.4 Å². The van der Waals surface area contributed by atoms with E-state index in [1.54, 1.807) is 42.1 Å². The molecule has 1 aliphatic rings. The maximum Gasteiger partial charge on any atom is 0.256 e. The summed E-state index contributed by atoms with van der Waals surface area (Å²) in [6, 6.07) is 9.71. The van der Waals surface area contributed by atoms with E-state index < -0.39 is 15.8 Å². The first-order valence-corrected chi connectivity index (χ1v) is 11.8. The van der Waals surface area contributed by atoms with Crippen LogP contribution in [0, 0.1) is 5.82 Å². The molecule has 0 spiro atoms. The molecule has 0 saturated carbocycles. The van der Waals surface area contributed by atoms with Gasteiger partial charge >= 0.3 is 0 Å². The Balaban J connectivity index is 1.58. The normalized spacial score (nSPS) is 15.8. The van der Waals surface area contributed by atoms with E-state index in [0.717, 1.165) is 0 Å². The quantitative estimate of drug-likeness (QED) is 0.631. The molecule has 2 aromatic heterocycles. The molecule has 1 saturated heterocycles. The van der Waals surface area contributed by atoms with Crippen molar-refractivity contribution in [2.24, 2.45) is 0 Å². The van der Waals surface area contributed by atoms with Gasteiger partial charge in [-0.1, -0.05) is 12.1 Å². The van der Waals surface area contributed by atoms with Gasteiger partial charge in [0.15, 0.2) is 5.82 Å². The summed E-state index contributed by atoms with van der Waals surface area (Å²) < 4.78 is 43.1. The Labute approximate surface area is 180 Å². The SMILES string of the molecule is CCS(=O)(=O)N1CCC(NC(=O)c2cnn(-c3ccccc3F)c2-n2cccc2)CC1. The number of rotatable bonds is 6. The summed E-state index contributed by atoms with van der Waals surface area (Å²) in [4.78, 5) is 13.1. The third-order valence-corrected chi connectivity index (χ3v) is 7.35. The first kappa shape index (κ1) is 21.3. The summed E-state index contributed by atoms with van der Waals surface area (Å²) in [7, 11) is -3.22. The molecule has 1 amide bonds. The minimum absolute atomic E-state index is 0.0689. The molecule has 4 rings (SSSR count). The molecular formula is C21H24FN5O3S. The molecule has 8 nitrogen and oxygen atoms in total. The highest BCUT2D eigenvalue weighted by atomic mass is 32.2. The van der Waals surface area contributed by atoms with Gasteiger partial charge in [-0.2, -0.15) is 5.10 Å². The predicted octanol–water partition coefficient (Wildman–Crippen LogP) is 2.35. The molecule has 10 heteroatoms. The van der Waals surface area contributed by atoms with Crippen LogP contribution in [0.5, 0.6) is 0 Å². The number of carbonyl (C=O) groups is 1. The molecule has 1 N–H and O–H groups in total. The molecule has 1 aliphatic heterocycles. The van der Waals surface area contributed by atoms with E-state index in [2.05, 4.69) is 10.4 Å². The summed E-state index contributed by atoms with van der Waals surface area (Å²) in [5.74, 6) is -0.281. The fourth-order valence-electron chi connectivity index (χ4n) is 3.75. The Hall–Kier alpha value is -2.98. The second-order valence-corrected chi connectivity index (χ2v) is 9.64. The number of hydrogen-bond donors (Lipinski definition) is 1. The lowest BCUT2D eigenvalue weighted by molar-refractivity contribution is 0.0924. The van der Waals surface area contributed by atoms with Gasteiger partial charge in [0.2, 0.25) is 10.0 Å². The lowest BCUT2D eigenvalue weighted by atomic mass is 10.1. The standard InChI is InChI=1S/C21H24FN5O3S/c1-2-31(29,30)26-13-9-16(10-14-26)24-20(28)17-15-23-27(19-8-4-3-7-18(19)22)21(17)25-11-5-6-12-25/h3-8,11-12,15-16H,2,9-10,13-14H2,1H3,(H,24,28). The molecule has 0 bridgehead atoms. The maximum absolute atomic E-state index is 14.4. The Morgan fingerprint density at radius 1 is 1.16 bits per heavy atom. The van der Waals surface area contributed by atoms with Crippen molar-refractivity contribution < 1.29 is 17.6 Å². The van der Waals surface area contributed by atoms with Crippen LogP contribution in [0.1, 0.15) is 30.1 Å².